The Labute approximate surface area is 294 Å². The first-order chi connectivity index (χ1) is 24.5. The lowest BCUT2D eigenvalue weighted by molar-refractivity contribution is -0.670. The number of aromatic amines is 1. The molecule has 2 aromatic carbocycles. The van der Waals surface area contributed by atoms with Gasteiger partial charge in [-0.3, -0.25) is 15.0 Å². The van der Waals surface area contributed by atoms with Crippen LogP contribution in [0.1, 0.15) is 53.2 Å². The summed E-state index contributed by atoms with van der Waals surface area (Å²) in [5.74, 6) is 1.14. The number of hydrogen-bond acceptors (Lipinski definition) is 6. The highest BCUT2D eigenvalue weighted by molar-refractivity contribution is 6.23. The maximum absolute atomic E-state index is 13.0. The number of rotatable bonds is 12. The number of amidine groups is 1. The number of nitrogens with one attached hydrogen (secondary N) is 5. The minimum absolute atomic E-state index is 0.109. The first-order valence-electron chi connectivity index (χ1n) is 17.1. The minimum Gasteiger partial charge on any atom is -0.441 e. The van der Waals surface area contributed by atoms with Crippen LogP contribution in [0.3, 0.4) is 0 Å². The van der Waals surface area contributed by atoms with Crippen LogP contribution in [0.5, 0.6) is 0 Å². The van der Waals surface area contributed by atoms with E-state index in [-0.39, 0.29) is 17.6 Å². The molecule has 0 aliphatic heterocycles. The molecule has 262 valence electrons. The fraction of sp³-hybridized carbons (Fsp3) is 0.289. The van der Waals surface area contributed by atoms with E-state index in [2.05, 4.69) is 63.9 Å². The zero-order valence-electron chi connectivity index (χ0n) is 29.5. The van der Waals surface area contributed by atoms with Gasteiger partial charge in [-0.05, 0) is 61.4 Å². The molecule has 7 aromatic rings. The van der Waals surface area contributed by atoms with Gasteiger partial charge in [0.15, 0.2) is 23.9 Å². The summed E-state index contributed by atoms with van der Waals surface area (Å²) >= 11 is 0. The summed E-state index contributed by atoms with van der Waals surface area (Å²) in [4.78, 5) is 34.5. The molecular formula is C38H43N10O3+. The van der Waals surface area contributed by atoms with Crippen molar-refractivity contribution in [2.24, 2.45) is 26.9 Å². The number of nitrogens with two attached hydrogens (primary N) is 1. The van der Waals surface area contributed by atoms with Gasteiger partial charge in [0.1, 0.15) is 24.1 Å². The molecule has 7 N–H and O–H groups in total. The smallest absolute Gasteiger partial charge is 0.272 e. The SMILES string of the molecule is Cc1c2cc[n+](C)cc2c(C)c2c1[nH]c1ccc3oc(CCCCC(=O)Nc4cc(C(=O)Nc5cc(NCCC(=N)N)n(C)c5)n(C)c4)nc3c12. The van der Waals surface area contributed by atoms with Crippen LogP contribution in [0.25, 0.3) is 43.7 Å². The van der Waals surface area contributed by atoms with Gasteiger partial charge in [0.25, 0.3) is 5.91 Å². The quantitative estimate of drug-likeness (QED) is 0.0393. The Balaban J connectivity index is 0.966. The van der Waals surface area contributed by atoms with Crippen molar-refractivity contribution in [3.8, 4) is 0 Å². The second-order valence-corrected chi connectivity index (χ2v) is 13.4. The fourth-order valence-corrected chi connectivity index (χ4v) is 6.95. The van der Waals surface area contributed by atoms with Gasteiger partial charge in [0.05, 0.1) is 22.7 Å². The number of carbonyl (C=O) groups is 2. The second kappa shape index (κ2) is 13.3. The Hall–Kier alpha value is -6.11. The highest BCUT2D eigenvalue weighted by Crippen LogP contribution is 2.39. The molecule has 0 radical (unpaired) electrons. The number of aryl methyl sites for hydroxylation is 6. The Morgan fingerprint density at radius 1 is 0.980 bits per heavy atom. The summed E-state index contributed by atoms with van der Waals surface area (Å²) < 4.78 is 11.8. The predicted octanol–water partition coefficient (Wildman–Crippen LogP) is 6.08. The Morgan fingerprint density at radius 3 is 2.57 bits per heavy atom. The third kappa shape index (κ3) is 6.50. The van der Waals surface area contributed by atoms with E-state index in [1.807, 2.05) is 30.8 Å². The third-order valence-electron chi connectivity index (χ3n) is 9.55. The second-order valence-electron chi connectivity index (χ2n) is 13.4. The summed E-state index contributed by atoms with van der Waals surface area (Å²) in [5, 5.41) is 21.1. The standard InChI is InChI=1S/C38H42N10O3/c1-21-26-20-46(3)15-13-25(26)22(2)36-34(21)35-27(44-36)10-11-29-37(35)45-33(51-29)9-7-6-8-32(49)42-23-16-28(47(4)18-23)38(50)43-24-17-31(48(5)19-24)41-14-12-30(39)40/h10-11,13,15-20,41H,6-9,12,14H2,1-5H3,(H5,39,40,42,43,49,50)/p+1. The van der Waals surface area contributed by atoms with E-state index >= 15 is 0 Å². The molecule has 13 heteroatoms. The molecule has 5 heterocycles. The van der Waals surface area contributed by atoms with Crippen LogP contribution in [-0.2, 0) is 32.4 Å². The minimum atomic E-state index is -0.296. The van der Waals surface area contributed by atoms with Crippen LogP contribution in [0.15, 0.2) is 59.5 Å². The molecule has 51 heavy (non-hydrogen) atoms. The number of hydrogen-bond donors (Lipinski definition) is 6. The van der Waals surface area contributed by atoms with Crippen molar-refractivity contribution in [3.05, 3.63) is 77.8 Å². The van der Waals surface area contributed by atoms with Crippen molar-refractivity contribution in [1.82, 2.24) is 19.1 Å². The highest BCUT2D eigenvalue weighted by atomic mass is 16.3. The van der Waals surface area contributed by atoms with Crippen molar-refractivity contribution in [1.29, 1.82) is 5.41 Å². The van der Waals surface area contributed by atoms with Crippen LogP contribution in [-0.4, -0.2) is 43.3 Å². The number of aromatic nitrogens is 5. The number of fused-ring (bicyclic) bond motifs is 6. The fourth-order valence-electron chi connectivity index (χ4n) is 6.95. The number of amides is 2. The molecule has 0 saturated heterocycles. The molecule has 2 amide bonds. The van der Waals surface area contributed by atoms with Gasteiger partial charge in [-0.25, -0.2) is 9.55 Å². The van der Waals surface area contributed by atoms with E-state index in [4.69, 9.17) is 20.5 Å². The van der Waals surface area contributed by atoms with E-state index in [1.165, 1.54) is 27.3 Å². The molecule has 0 bridgehead atoms. The zero-order valence-corrected chi connectivity index (χ0v) is 29.5. The van der Waals surface area contributed by atoms with E-state index in [0.717, 1.165) is 39.8 Å². The average Bonchev–Trinajstić information content (AvgIpc) is 3.85. The lowest BCUT2D eigenvalue weighted by Crippen LogP contribution is -2.26. The van der Waals surface area contributed by atoms with Crippen molar-refractivity contribution in [2.45, 2.75) is 46.0 Å². The van der Waals surface area contributed by atoms with Crippen molar-refractivity contribution in [2.75, 3.05) is 22.5 Å². The number of oxazole rings is 1. The zero-order chi connectivity index (χ0) is 36.0. The largest absolute Gasteiger partial charge is 0.441 e. The number of benzene rings is 2. The number of unbranched alkanes of at least 4 members (excludes halogenated alkanes) is 1. The van der Waals surface area contributed by atoms with Crippen molar-refractivity contribution in [3.63, 3.8) is 0 Å². The summed E-state index contributed by atoms with van der Waals surface area (Å²) in [5.41, 5.74) is 13.2. The van der Waals surface area contributed by atoms with E-state index in [0.29, 0.717) is 55.2 Å². The molecule has 0 unspecified atom stereocenters. The Morgan fingerprint density at radius 2 is 1.76 bits per heavy atom. The number of carbonyl (C=O) groups excluding carboxylic acids is 2. The molecule has 5 aromatic heterocycles. The molecule has 0 fully saturated rings. The highest BCUT2D eigenvalue weighted by Gasteiger charge is 2.20. The van der Waals surface area contributed by atoms with Gasteiger partial charge < -0.3 is 40.2 Å². The van der Waals surface area contributed by atoms with Gasteiger partial charge >= 0.3 is 0 Å². The van der Waals surface area contributed by atoms with Crippen LogP contribution < -0.4 is 26.3 Å². The monoisotopic (exact) mass is 687 g/mol. The number of anilines is 3. The molecule has 0 spiro atoms. The summed E-state index contributed by atoms with van der Waals surface area (Å²) in [6.45, 7) is 4.85. The topological polar surface area (TPSA) is 176 Å². The third-order valence-corrected chi connectivity index (χ3v) is 9.55. The normalized spacial score (nSPS) is 11.6. The first kappa shape index (κ1) is 33.4. The van der Waals surface area contributed by atoms with Crippen molar-refractivity contribution < 1.29 is 18.6 Å². The Kier molecular flexibility index (Phi) is 8.71. The van der Waals surface area contributed by atoms with E-state index in [9.17, 15) is 9.59 Å². The lowest BCUT2D eigenvalue weighted by Gasteiger charge is -2.07. The van der Waals surface area contributed by atoms with Crippen LogP contribution in [0, 0.1) is 19.3 Å². The molecule has 13 nitrogen and oxygen atoms in total. The molecule has 7 rings (SSSR count). The first-order valence-corrected chi connectivity index (χ1v) is 17.1. The molecule has 0 saturated carbocycles. The van der Waals surface area contributed by atoms with Crippen molar-refractivity contribution >= 4 is 78.5 Å². The average molecular weight is 688 g/mol. The number of nitrogens with zero attached hydrogens (tertiary/aromatic N) is 4. The molecule has 0 atom stereocenters. The van der Waals surface area contributed by atoms with Gasteiger partial charge in [-0.2, -0.15) is 0 Å². The van der Waals surface area contributed by atoms with Crippen LogP contribution in [0.4, 0.5) is 17.2 Å². The molecular weight excluding hydrogens is 644 g/mol. The maximum Gasteiger partial charge on any atom is 0.272 e. The molecule has 0 aliphatic carbocycles. The van der Waals surface area contributed by atoms with Gasteiger partial charge in [0.2, 0.25) is 5.91 Å². The van der Waals surface area contributed by atoms with Gasteiger partial charge in [-0.15, -0.1) is 0 Å². The molecule has 0 aliphatic rings. The van der Waals surface area contributed by atoms with Crippen LogP contribution in [0.2, 0.25) is 0 Å². The lowest BCUT2D eigenvalue weighted by atomic mass is 9.96. The summed E-state index contributed by atoms with van der Waals surface area (Å²) in [7, 11) is 5.67. The van der Waals surface area contributed by atoms with Gasteiger partial charge in [0, 0.05) is 86.1 Å². The number of pyridine rings is 1. The van der Waals surface area contributed by atoms with Crippen LogP contribution >= 0.6 is 0 Å². The van der Waals surface area contributed by atoms with E-state index < -0.39 is 0 Å². The predicted molar refractivity (Wildman–Crippen MR) is 202 cm³/mol. The summed E-state index contributed by atoms with van der Waals surface area (Å²) in [6, 6.07) is 9.69. The number of H-pyrrole nitrogens is 1. The maximum atomic E-state index is 13.0. The van der Waals surface area contributed by atoms with E-state index in [1.54, 1.807) is 30.1 Å². The summed E-state index contributed by atoms with van der Waals surface area (Å²) in [6.07, 6.45) is 10.5. The Bertz CT molecular complexity index is 2500. The van der Waals surface area contributed by atoms with Gasteiger partial charge in [-0.1, -0.05) is 0 Å².